The van der Waals surface area contributed by atoms with Crippen LogP contribution in [0.3, 0.4) is 0 Å². The molecule has 0 amide bonds. The van der Waals surface area contributed by atoms with Crippen LogP contribution in [0.2, 0.25) is 0 Å². The average Bonchev–Trinajstić information content (AvgIpc) is 2.34. The van der Waals surface area contributed by atoms with Gasteiger partial charge in [-0.15, -0.1) is 0 Å². The van der Waals surface area contributed by atoms with Crippen LogP contribution >= 0.6 is 22.6 Å². The van der Waals surface area contributed by atoms with Crippen molar-refractivity contribution in [1.29, 1.82) is 0 Å². The highest BCUT2D eigenvalue weighted by Crippen LogP contribution is 2.22. The van der Waals surface area contributed by atoms with Gasteiger partial charge in [0, 0.05) is 0 Å². The van der Waals surface area contributed by atoms with Crippen LogP contribution in [-0.2, 0) is 0 Å². The van der Waals surface area contributed by atoms with Crippen LogP contribution in [-0.4, -0.2) is 4.43 Å². The van der Waals surface area contributed by atoms with Gasteiger partial charge in [0.05, 0.1) is 0 Å². The summed E-state index contributed by atoms with van der Waals surface area (Å²) < 4.78 is 1.35. The highest BCUT2D eigenvalue weighted by Gasteiger charge is 2.07. The lowest BCUT2D eigenvalue weighted by atomic mass is 9.92. The summed E-state index contributed by atoms with van der Waals surface area (Å²) in [7, 11) is 0. The molecular formula is C16H33I. The molecule has 0 nitrogen and oxygen atoms in total. The normalized spacial score (nSPS) is 12.9. The third-order valence-electron chi connectivity index (χ3n) is 3.70. The first kappa shape index (κ1) is 17.7. The van der Waals surface area contributed by atoms with E-state index >= 15 is 0 Å². The van der Waals surface area contributed by atoms with E-state index in [0.29, 0.717) is 0 Å². The van der Waals surface area contributed by atoms with E-state index in [0.717, 1.165) is 5.92 Å². The molecule has 0 aliphatic heterocycles. The second-order valence-electron chi connectivity index (χ2n) is 5.40. The Morgan fingerprint density at radius 1 is 0.647 bits per heavy atom. The van der Waals surface area contributed by atoms with Crippen molar-refractivity contribution in [1.82, 2.24) is 0 Å². The molecule has 0 aliphatic rings. The largest absolute Gasteiger partial charge is 0.0864 e. The van der Waals surface area contributed by atoms with Crippen molar-refractivity contribution in [3.8, 4) is 0 Å². The van der Waals surface area contributed by atoms with E-state index in [-0.39, 0.29) is 0 Å². The number of alkyl halides is 1. The quantitative estimate of drug-likeness (QED) is 0.195. The molecule has 0 aliphatic carbocycles. The molecule has 17 heavy (non-hydrogen) atoms. The van der Waals surface area contributed by atoms with Crippen LogP contribution < -0.4 is 0 Å². The lowest BCUT2D eigenvalue weighted by Gasteiger charge is -2.15. The van der Waals surface area contributed by atoms with E-state index in [9.17, 15) is 0 Å². The Bertz CT molecular complexity index is 133. The minimum absolute atomic E-state index is 1.03. The van der Waals surface area contributed by atoms with E-state index in [1.54, 1.807) is 0 Å². The summed E-state index contributed by atoms with van der Waals surface area (Å²) >= 11 is 2.55. The Balaban J connectivity index is 3.45. The number of hydrogen-bond donors (Lipinski definition) is 0. The number of rotatable bonds is 13. The molecular weight excluding hydrogens is 319 g/mol. The Morgan fingerprint density at radius 2 is 1.12 bits per heavy atom. The summed E-state index contributed by atoms with van der Waals surface area (Å²) in [6, 6.07) is 0. The maximum absolute atomic E-state index is 2.55. The van der Waals surface area contributed by atoms with Gasteiger partial charge in [-0.05, 0) is 16.8 Å². The van der Waals surface area contributed by atoms with Gasteiger partial charge in [-0.2, -0.15) is 0 Å². The van der Waals surface area contributed by atoms with Crippen LogP contribution in [0.5, 0.6) is 0 Å². The van der Waals surface area contributed by atoms with Gasteiger partial charge >= 0.3 is 0 Å². The molecule has 1 heteroatoms. The smallest absolute Gasteiger partial charge is 0.000209 e. The van der Waals surface area contributed by atoms with E-state index < -0.39 is 0 Å². The fourth-order valence-electron chi connectivity index (χ4n) is 2.48. The van der Waals surface area contributed by atoms with Crippen LogP contribution in [0.4, 0.5) is 0 Å². The van der Waals surface area contributed by atoms with Gasteiger partial charge < -0.3 is 0 Å². The van der Waals surface area contributed by atoms with Crippen molar-refractivity contribution in [2.45, 2.75) is 90.9 Å². The Hall–Kier alpha value is 0.730. The molecule has 0 aromatic rings. The molecule has 0 rings (SSSR count). The Labute approximate surface area is 123 Å². The third-order valence-corrected chi connectivity index (χ3v) is 4.32. The third kappa shape index (κ3) is 13.0. The fraction of sp³-hybridized carbons (Fsp3) is 1.00. The first-order valence-electron chi connectivity index (χ1n) is 7.91. The second-order valence-corrected chi connectivity index (χ2v) is 6.47. The highest BCUT2D eigenvalue weighted by molar-refractivity contribution is 14.1. The van der Waals surface area contributed by atoms with Crippen molar-refractivity contribution < 1.29 is 0 Å². The molecule has 1 unspecified atom stereocenters. The molecule has 0 fully saturated rings. The Kier molecular flexibility index (Phi) is 15.4. The molecule has 0 aromatic heterocycles. The van der Waals surface area contributed by atoms with Crippen LogP contribution in [0.25, 0.3) is 0 Å². The van der Waals surface area contributed by atoms with E-state index in [4.69, 9.17) is 0 Å². The molecule has 0 heterocycles. The number of halogens is 1. The van der Waals surface area contributed by atoms with Crippen LogP contribution in [0.15, 0.2) is 0 Å². The van der Waals surface area contributed by atoms with Crippen molar-refractivity contribution in [2.24, 2.45) is 5.92 Å². The molecule has 104 valence electrons. The zero-order valence-electron chi connectivity index (χ0n) is 12.1. The van der Waals surface area contributed by atoms with E-state index in [1.165, 1.54) is 81.5 Å². The SMILES string of the molecule is CCCCCCCC(CCI)CCCCCC. The lowest BCUT2D eigenvalue weighted by molar-refractivity contribution is 0.398. The molecule has 0 aromatic carbocycles. The minimum atomic E-state index is 1.03. The van der Waals surface area contributed by atoms with Gasteiger partial charge in [-0.25, -0.2) is 0 Å². The number of unbranched alkanes of at least 4 members (excludes halogenated alkanes) is 7. The summed E-state index contributed by atoms with van der Waals surface area (Å²) in [5.41, 5.74) is 0. The average molecular weight is 352 g/mol. The zero-order valence-corrected chi connectivity index (χ0v) is 14.3. The predicted molar refractivity (Wildman–Crippen MR) is 89.1 cm³/mol. The van der Waals surface area contributed by atoms with E-state index in [2.05, 4.69) is 36.4 Å². The molecule has 1 atom stereocenters. The van der Waals surface area contributed by atoms with Gasteiger partial charge in [0.2, 0.25) is 0 Å². The lowest BCUT2D eigenvalue weighted by Crippen LogP contribution is -2.01. The number of hydrogen-bond acceptors (Lipinski definition) is 0. The highest BCUT2D eigenvalue weighted by atomic mass is 127. The van der Waals surface area contributed by atoms with Crippen LogP contribution in [0, 0.1) is 5.92 Å². The van der Waals surface area contributed by atoms with Crippen molar-refractivity contribution in [3.05, 3.63) is 0 Å². The first-order chi connectivity index (χ1) is 8.35. The van der Waals surface area contributed by atoms with Gasteiger partial charge in [-0.3, -0.25) is 0 Å². The zero-order chi connectivity index (χ0) is 12.8. The Morgan fingerprint density at radius 3 is 1.59 bits per heavy atom. The maximum Gasteiger partial charge on any atom is -0.000209 e. The minimum Gasteiger partial charge on any atom is -0.0864 e. The summed E-state index contributed by atoms with van der Waals surface area (Å²) in [5, 5.41) is 0. The van der Waals surface area contributed by atoms with Gasteiger partial charge in [0.25, 0.3) is 0 Å². The maximum atomic E-state index is 2.55. The molecule has 0 N–H and O–H groups in total. The molecule has 0 saturated carbocycles. The molecule has 0 saturated heterocycles. The summed E-state index contributed by atoms with van der Waals surface area (Å²) in [4.78, 5) is 0. The van der Waals surface area contributed by atoms with E-state index in [1.807, 2.05) is 0 Å². The van der Waals surface area contributed by atoms with Crippen LogP contribution in [0.1, 0.15) is 90.9 Å². The standard InChI is InChI=1S/C16H33I/c1-3-5-7-9-11-13-16(14-15-17)12-10-8-6-4-2/h16H,3-15H2,1-2H3. The summed E-state index contributed by atoms with van der Waals surface area (Å²) in [6.07, 6.45) is 17.4. The topological polar surface area (TPSA) is 0 Å². The van der Waals surface area contributed by atoms with Crippen molar-refractivity contribution in [2.75, 3.05) is 4.43 Å². The monoisotopic (exact) mass is 352 g/mol. The predicted octanol–water partition coefficient (Wildman–Crippen LogP) is 6.76. The summed E-state index contributed by atoms with van der Waals surface area (Å²) in [6.45, 7) is 4.60. The second kappa shape index (κ2) is 14.8. The van der Waals surface area contributed by atoms with Crippen molar-refractivity contribution in [3.63, 3.8) is 0 Å². The molecule has 0 radical (unpaired) electrons. The van der Waals surface area contributed by atoms with Crippen molar-refractivity contribution >= 4 is 22.6 Å². The summed E-state index contributed by atoms with van der Waals surface area (Å²) in [5.74, 6) is 1.03. The van der Waals surface area contributed by atoms with Gasteiger partial charge in [0.1, 0.15) is 0 Å². The molecule has 0 spiro atoms. The first-order valence-corrected chi connectivity index (χ1v) is 9.43. The fourth-order valence-corrected chi connectivity index (χ4v) is 3.36. The van der Waals surface area contributed by atoms with Gasteiger partial charge in [-0.1, -0.05) is 107 Å². The van der Waals surface area contributed by atoms with Gasteiger partial charge in [0.15, 0.2) is 0 Å². The molecule has 0 bridgehead atoms.